The maximum absolute atomic E-state index is 6.21. The molecule has 0 aliphatic heterocycles. The highest BCUT2D eigenvalue weighted by molar-refractivity contribution is 6.55. The lowest BCUT2D eigenvalue weighted by Crippen LogP contribution is -1.95. The van der Waals surface area contributed by atoms with Crippen molar-refractivity contribution in [2.45, 2.75) is 13.3 Å². The molecular weight excluding hydrogens is 305 g/mol. The predicted octanol–water partition coefficient (Wildman–Crippen LogP) is 5.07. The van der Waals surface area contributed by atoms with Crippen molar-refractivity contribution in [2.24, 2.45) is 0 Å². The number of halogens is 3. The van der Waals surface area contributed by atoms with E-state index in [0.717, 1.165) is 27.8 Å². The van der Waals surface area contributed by atoms with Gasteiger partial charge in [0.1, 0.15) is 15.4 Å². The van der Waals surface area contributed by atoms with Gasteiger partial charge in [0.2, 0.25) is 0 Å². The van der Waals surface area contributed by atoms with E-state index in [1.54, 1.807) is 13.2 Å². The van der Waals surface area contributed by atoms with Gasteiger partial charge in [0.05, 0.1) is 12.6 Å². The lowest BCUT2D eigenvalue weighted by atomic mass is 10.0. The summed E-state index contributed by atoms with van der Waals surface area (Å²) in [5.41, 5.74) is 2.81. The third kappa shape index (κ3) is 3.14. The van der Waals surface area contributed by atoms with Crippen LogP contribution in [0.25, 0.3) is 10.9 Å². The quantitative estimate of drug-likeness (QED) is 0.738. The number of hydrogen-bond donors (Lipinski definition) is 0. The van der Waals surface area contributed by atoms with Gasteiger partial charge in [-0.1, -0.05) is 34.8 Å². The fraction of sp³-hybridized carbons (Fsp3) is 0.214. The smallest absolute Gasteiger partial charge is 0.133 e. The van der Waals surface area contributed by atoms with Crippen LogP contribution >= 0.6 is 34.8 Å². The summed E-state index contributed by atoms with van der Waals surface area (Å²) in [6.45, 7) is 2.00. The molecule has 5 heteroatoms. The standard InChI is InChI=1S/C14H12Cl3NO/c1-8-10(4-6-13(15)16)14(17)18-12-5-3-9(19-2)7-11(8)12/h3,5-7H,4H2,1-2H3. The van der Waals surface area contributed by atoms with Crippen molar-refractivity contribution >= 4 is 45.7 Å². The molecule has 0 spiro atoms. The van der Waals surface area contributed by atoms with Gasteiger partial charge in [-0.25, -0.2) is 4.98 Å². The summed E-state index contributed by atoms with van der Waals surface area (Å²) in [5, 5.41) is 1.49. The molecular formula is C14H12Cl3NO. The van der Waals surface area contributed by atoms with E-state index in [0.29, 0.717) is 11.6 Å². The van der Waals surface area contributed by atoms with Gasteiger partial charge < -0.3 is 4.74 Å². The van der Waals surface area contributed by atoms with Crippen LogP contribution in [0.2, 0.25) is 5.15 Å². The second kappa shape index (κ2) is 6.00. The van der Waals surface area contributed by atoms with E-state index in [1.165, 1.54) is 0 Å². The van der Waals surface area contributed by atoms with E-state index in [9.17, 15) is 0 Å². The van der Waals surface area contributed by atoms with E-state index in [4.69, 9.17) is 39.5 Å². The van der Waals surface area contributed by atoms with Gasteiger partial charge in [-0.3, -0.25) is 0 Å². The number of methoxy groups -OCH3 is 1. The first-order valence-corrected chi connectivity index (χ1v) is 6.80. The number of aromatic nitrogens is 1. The second-order valence-corrected chi connectivity index (χ2v) is 5.45. The van der Waals surface area contributed by atoms with Gasteiger partial charge in [0.25, 0.3) is 0 Å². The van der Waals surface area contributed by atoms with Crippen molar-refractivity contribution in [3.63, 3.8) is 0 Å². The van der Waals surface area contributed by atoms with Crippen LogP contribution in [0.5, 0.6) is 5.75 Å². The average molecular weight is 317 g/mol. The zero-order valence-corrected chi connectivity index (χ0v) is 12.8. The zero-order chi connectivity index (χ0) is 14.0. The summed E-state index contributed by atoms with van der Waals surface area (Å²) in [5.74, 6) is 0.789. The number of allylic oxidation sites excluding steroid dienone is 1. The molecule has 0 aliphatic rings. The lowest BCUT2D eigenvalue weighted by Gasteiger charge is -2.10. The fourth-order valence-corrected chi connectivity index (χ4v) is 2.41. The van der Waals surface area contributed by atoms with Gasteiger partial charge in [0.15, 0.2) is 0 Å². The number of rotatable bonds is 3. The topological polar surface area (TPSA) is 22.1 Å². The van der Waals surface area contributed by atoms with Crippen LogP contribution in [0.1, 0.15) is 11.1 Å². The van der Waals surface area contributed by atoms with E-state index in [1.807, 2.05) is 25.1 Å². The van der Waals surface area contributed by atoms with E-state index >= 15 is 0 Å². The first-order valence-electron chi connectivity index (χ1n) is 5.67. The first-order chi connectivity index (χ1) is 9.02. The van der Waals surface area contributed by atoms with Gasteiger partial charge >= 0.3 is 0 Å². The summed E-state index contributed by atoms with van der Waals surface area (Å²) in [6.07, 6.45) is 2.25. The minimum atomic E-state index is 0.223. The number of fused-ring (bicyclic) bond motifs is 1. The second-order valence-electron chi connectivity index (χ2n) is 4.09. The minimum absolute atomic E-state index is 0.223. The SMILES string of the molecule is COc1ccc2nc(Cl)c(CC=C(Cl)Cl)c(C)c2c1. The first kappa shape index (κ1) is 14.4. The number of ether oxygens (including phenoxy) is 1. The molecule has 19 heavy (non-hydrogen) atoms. The Hall–Kier alpha value is -0.960. The molecule has 0 aliphatic carbocycles. The van der Waals surface area contributed by atoms with Crippen LogP contribution in [-0.2, 0) is 6.42 Å². The van der Waals surface area contributed by atoms with Crippen LogP contribution in [0.4, 0.5) is 0 Å². The monoisotopic (exact) mass is 315 g/mol. The third-order valence-electron chi connectivity index (χ3n) is 2.99. The Morgan fingerprint density at radius 1 is 1.37 bits per heavy atom. The molecule has 0 amide bonds. The van der Waals surface area contributed by atoms with Crippen LogP contribution in [-0.4, -0.2) is 12.1 Å². The van der Waals surface area contributed by atoms with Gasteiger partial charge in [-0.2, -0.15) is 0 Å². The molecule has 0 radical (unpaired) electrons. The maximum atomic E-state index is 6.21. The van der Waals surface area contributed by atoms with Gasteiger partial charge in [-0.15, -0.1) is 0 Å². The molecule has 2 rings (SSSR count). The Morgan fingerprint density at radius 2 is 2.11 bits per heavy atom. The average Bonchev–Trinajstić information content (AvgIpc) is 2.38. The van der Waals surface area contributed by atoms with Crippen molar-refractivity contribution in [3.8, 4) is 5.75 Å². The normalized spacial score (nSPS) is 10.6. The number of nitrogens with zero attached hydrogens (tertiary/aromatic N) is 1. The molecule has 0 fully saturated rings. The Labute approximate surface area is 126 Å². The molecule has 0 saturated carbocycles. The summed E-state index contributed by atoms with van der Waals surface area (Å²) in [6, 6.07) is 5.70. The van der Waals surface area contributed by atoms with E-state index < -0.39 is 0 Å². The van der Waals surface area contributed by atoms with Crippen LogP contribution in [0, 0.1) is 6.92 Å². The van der Waals surface area contributed by atoms with Crippen molar-refractivity contribution in [3.05, 3.63) is 45.0 Å². The molecule has 100 valence electrons. The molecule has 0 unspecified atom stereocenters. The van der Waals surface area contributed by atoms with Crippen LogP contribution in [0.15, 0.2) is 28.8 Å². The highest BCUT2D eigenvalue weighted by Gasteiger charge is 2.10. The maximum Gasteiger partial charge on any atom is 0.133 e. The summed E-state index contributed by atoms with van der Waals surface area (Å²) >= 11 is 17.5. The van der Waals surface area contributed by atoms with Crippen molar-refractivity contribution in [1.29, 1.82) is 0 Å². The Kier molecular flexibility index (Phi) is 4.56. The number of benzene rings is 1. The molecule has 0 saturated heterocycles. The summed E-state index contributed by atoms with van der Waals surface area (Å²) < 4.78 is 5.45. The molecule has 0 N–H and O–H groups in total. The zero-order valence-electron chi connectivity index (χ0n) is 10.5. The Bertz CT molecular complexity index is 649. The van der Waals surface area contributed by atoms with Crippen molar-refractivity contribution in [2.75, 3.05) is 7.11 Å². The lowest BCUT2D eigenvalue weighted by molar-refractivity contribution is 0.415. The predicted molar refractivity (Wildman–Crippen MR) is 81.5 cm³/mol. The minimum Gasteiger partial charge on any atom is -0.497 e. The molecule has 0 bridgehead atoms. The molecule has 1 aromatic heterocycles. The molecule has 1 aromatic carbocycles. The van der Waals surface area contributed by atoms with Crippen molar-refractivity contribution < 1.29 is 4.74 Å². The largest absolute Gasteiger partial charge is 0.497 e. The molecule has 2 aromatic rings. The highest BCUT2D eigenvalue weighted by atomic mass is 35.5. The summed E-state index contributed by atoms with van der Waals surface area (Å²) in [4.78, 5) is 4.38. The number of hydrogen-bond acceptors (Lipinski definition) is 2. The van der Waals surface area contributed by atoms with Gasteiger partial charge in [-0.05, 0) is 48.7 Å². The van der Waals surface area contributed by atoms with E-state index in [-0.39, 0.29) is 4.49 Å². The number of pyridine rings is 1. The Morgan fingerprint density at radius 3 is 2.74 bits per heavy atom. The fourth-order valence-electron chi connectivity index (χ4n) is 1.95. The molecule has 0 atom stereocenters. The number of aryl methyl sites for hydroxylation is 1. The van der Waals surface area contributed by atoms with Crippen molar-refractivity contribution in [1.82, 2.24) is 4.98 Å². The van der Waals surface area contributed by atoms with Crippen LogP contribution in [0.3, 0.4) is 0 Å². The van der Waals surface area contributed by atoms with E-state index in [2.05, 4.69) is 4.98 Å². The highest BCUT2D eigenvalue weighted by Crippen LogP contribution is 2.29. The Balaban J connectivity index is 2.61. The van der Waals surface area contributed by atoms with Gasteiger partial charge in [0, 0.05) is 5.39 Å². The molecule has 2 nitrogen and oxygen atoms in total. The molecule has 1 heterocycles. The summed E-state index contributed by atoms with van der Waals surface area (Å²) in [7, 11) is 1.64. The van der Waals surface area contributed by atoms with Crippen LogP contribution < -0.4 is 4.74 Å². The third-order valence-corrected chi connectivity index (χ3v) is 3.61.